The summed E-state index contributed by atoms with van der Waals surface area (Å²) in [6, 6.07) is 5.06. The summed E-state index contributed by atoms with van der Waals surface area (Å²) >= 11 is 1.34. The fourth-order valence-corrected chi connectivity index (χ4v) is 4.85. The maximum atomic E-state index is 12.8. The van der Waals surface area contributed by atoms with E-state index in [1.54, 1.807) is 32.0 Å². The lowest BCUT2D eigenvalue weighted by Crippen LogP contribution is -2.16. The summed E-state index contributed by atoms with van der Waals surface area (Å²) in [5.41, 5.74) is 3.54. The molecule has 0 atom stereocenters. The van der Waals surface area contributed by atoms with Crippen LogP contribution in [0.5, 0.6) is 0 Å². The van der Waals surface area contributed by atoms with Crippen LogP contribution >= 0.6 is 11.3 Å². The number of hydrogen-bond acceptors (Lipinski definition) is 6. The fourth-order valence-electron chi connectivity index (χ4n) is 2.97. The molecule has 7 nitrogen and oxygen atoms in total. The van der Waals surface area contributed by atoms with Gasteiger partial charge >= 0.3 is 0 Å². The molecule has 3 aromatic rings. The standard InChI is InChI=1S/C19H22N4O3S2/c1-6-28(25,26)23-15-8-7-14(9-10(15)2)22-18(24)17-11(3)16-12(4)20-13(5)21-19(16)27-17/h7-9,23H,6H2,1-5H3,(H,22,24). The van der Waals surface area contributed by atoms with Crippen LogP contribution in [0, 0.1) is 27.7 Å². The number of nitrogens with one attached hydrogen (secondary N) is 2. The second-order valence-electron chi connectivity index (χ2n) is 6.58. The van der Waals surface area contributed by atoms with Gasteiger partial charge in [-0.25, -0.2) is 18.4 Å². The van der Waals surface area contributed by atoms with E-state index in [4.69, 9.17) is 0 Å². The molecular formula is C19H22N4O3S2. The third-order valence-corrected chi connectivity index (χ3v) is 6.89. The van der Waals surface area contributed by atoms with E-state index < -0.39 is 10.0 Å². The first-order valence-corrected chi connectivity index (χ1v) is 11.2. The van der Waals surface area contributed by atoms with Crippen molar-refractivity contribution in [2.24, 2.45) is 0 Å². The number of fused-ring (bicyclic) bond motifs is 1. The van der Waals surface area contributed by atoms with Crippen molar-refractivity contribution in [2.45, 2.75) is 34.6 Å². The number of carbonyl (C=O) groups is 1. The Kier molecular flexibility index (Phi) is 5.40. The minimum atomic E-state index is -3.35. The van der Waals surface area contributed by atoms with E-state index in [2.05, 4.69) is 20.0 Å². The number of aromatic nitrogens is 2. The molecule has 28 heavy (non-hydrogen) atoms. The van der Waals surface area contributed by atoms with E-state index in [1.165, 1.54) is 11.3 Å². The molecule has 0 fully saturated rings. The highest BCUT2D eigenvalue weighted by molar-refractivity contribution is 7.92. The number of aryl methyl sites for hydroxylation is 4. The van der Waals surface area contributed by atoms with Crippen LogP contribution in [0.25, 0.3) is 10.2 Å². The zero-order valence-corrected chi connectivity index (χ0v) is 18.0. The molecular weight excluding hydrogens is 396 g/mol. The number of benzene rings is 1. The molecule has 0 radical (unpaired) electrons. The molecule has 0 bridgehead atoms. The minimum absolute atomic E-state index is 0.00206. The molecule has 1 aromatic carbocycles. The second-order valence-corrected chi connectivity index (χ2v) is 9.59. The second kappa shape index (κ2) is 7.48. The molecule has 0 saturated heterocycles. The minimum Gasteiger partial charge on any atom is -0.321 e. The summed E-state index contributed by atoms with van der Waals surface area (Å²) in [6.07, 6.45) is 0. The molecule has 0 spiro atoms. The van der Waals surface area contributed by atoms with Crippen LogP contribution in [-0.4, -0.2) is 30.0 Å². The average molecular weight is 419 g/mol. The van der Waals surface area contributed by atoms with Crippen molar-refractivity contribution in [3.63, 3.8) is 0 Å². The number of carbonyl (C=O) groups excluding carboxylic acids is 1. The first-order chi connectivity index (χ1) is 13.1. The van der Waals surface area contributed by atoms with Gasteiger partial charge in [0.2, 0.25) is 10.0 Å². The lowest BCUT2D eigenvalue weighted by atomic mass is 10.1. The topological polar surface area (TPSA) is 101 Å². The van der Waals surface area contributed by atoms with Crippen LogP contribution in [0.2, 0.25) is 0 Å². The van der Waals surface area contributed by atoms with Crippen molar-refractivity contribution >= 4 is 48.9 Å². The Bertz CT molecular complexity index is 1180. The molecule has 0 aliphatic carbocycles. The van der Waals surface area contributed by atoms with Gasteiger partial charge in [-0.3, -0.25) is 9.52 Å². The molecule has 9 heteroatoms. The van der Waals surface area contributed by atoms with Crippen molar-refractivity contribution in [3.8, 4) is 0 Å². The van der Waals surface area contributed by atoms with Crippen molar-refractivity contribution in [1.29, 1.82) is 0 Å². The molecule has 3 rings (SSSR count). The van der Waals surface area contributed by atoms with Gasteiger partial charge in [-0.2, -0.15) is 0 Å². The summed E-state index contributed by atoms with van der Waals surface area (Å²) in [6.45, 7) is 9.01. The van der Waals surface area contributed by atoms with Gasteiger partial charge in [0, 0.05) is 16.8 Å². The number of rotatable bonds is 5. The van der Waals surface area contributed by atoms with Crippen molar-refractivity contribution in [3.05, 3.63) is 45.7 Å². The van der Waals surface area contributed by atoms with Crippen LogP contribution in [0.3, 0.4) is 0 Å². The Morgan fingerprint density at radius 1 is 1.14 bits per heavy atom. The molecule has 1 amide bonds. The molecule has 2 aromatic heterocycles. The van der Waals surface area contributed by atoms with Gasteiger partial charge in [-0.05, 0) is 63.9 Å². The maximum absolute atomic E-state index is 12.8. The summed E-state index contributed by atoms with van der Waals surface area (Å²) in [5.74, 6) is 0.454. The summed E-state index contributed by atoms with van der Waals surface area (Å²) < 4.78 is 26.0. The summed E-state index contributed by atoms with van der Waals surface area (Å²) in [7, 11) is -3.35. The first kappa shape index (κ1) is 20.2. The highest BCUT2D eigenvalue weighted by Gasteiger charge is 2.19. The number of nitrogens with zero attached hydrogens (tertiary/aromatic N) is 2. The van der Waals surface area contributed by atoms with Crippen LogP contribution in [0.4, 0.5) is 11.4 Å². The average Bonchev–Trinajstić information content (AvgIpc) is 2.94. The van der Waals surface area contributed by atoms with Gasteiger partial charge in [-0.15, -0.1) is 11.3 Å². The quantitative estimate of drug-likeness (QED) is 0.654. The Balaban J connectivity index is 1.88. The highest BCUT2D eigenvalue weighted by Crippen LogP contribution is 2.32. The third-order valence-electron chi connectivity index (χ3n) is 4.42. The van der Waals surface area contributed by atoms with Gasteiger partial charge in [-0.1, -0.05) is 0 Å². The molecule has 2 heterocycles. The van der Waals surface area contributed by atoms with E-state index in [9.17, 15) is 13.2 Å². The number of hydrogen-bond donors (Lipinski definition) is 2. The Morgan fingerprint density at radius 3 is 2.50 bits per heavy atom. The number of sulfonamides is 1. The van der Waals surface area contributed by atoms with Crippen molar-refractivity contribution in [2.75, 3.05) is 15.8 Å². The van der Waals surface area contributed by atoms with Crippen molar-refractivity contribution in [1.82, 2.24) is 9.97 Å². The molecule has 0 aliphatic heterocycles. The summed E-state index contributed by atoms with van der Waals surface area (Å²) in [4.78, 5) is 23.0. The Hall–Kier alpha value is -2.52. The predicted molar refractivity (Wildman–Crippen MR) is 114 cm³/mol. The smallest absolute Gasteiger partial charge is 0.266 e. The van der Waals surface area contributed by atoms with Gasteiger partial charge in [0.15, 0.2) is 0 Å². The van der Waals surface area contributed by atoms with Gasteiger partial charge in [0.1, 0.15) is 10.7 Å². The van der Waals surface area contributed by atoms with E-state index in [0.29, 0.717) is 22.1 Å². The fraction of sp³-hybridized carbons (Fsp3) is 0.316. The van der Waals surface area contributed by atoms with Crippen LogP contribution < -0.4 is 10.0 Å². The lowest BCUT2D eigenvalue weighted by Gasteiger charge is -2.11. The van der Waals surface area contributed by atoms with Crippen molar-refractivity contribution < 1.29 is 13.2 Å². The van der Waals surface area contributed by atoms with Gasteiger partial charge < -0.3 is 5.32 Å². The lowest BCUT2D eigenvalue weighted by molar-refractivity contribution is 0.103. The van der Waals surface area contributed by atoms with Crippen LogP contribution in [0.1, 0.15) is 39.2 Å². The molecule has 0 unspecified atom stereocenters. The Labute approximate surface area is 168 Å². The Morgan fingerprint density at radius 2 is 1.86 bits per heavy atom. The number of amides is 1. The third kappa shape index (κ3) is 4.00. The SMILES string of the molecule is CCS(=O)(=O)Nc1ccc(NC(=O)c2sc3nc(C)nc(C)c3c2C)cc1C. The van der Waals surface area contributed by atoms with E-state index in [0.717, 1.165) is 27.0 Å². The largest absolute Gasteiger partial charge is 0.321 e. The van der Waals surface area contributed by atoms with E-state index in [-0.39, 0.29) is 11.7 Å². The van der Waals surface area contributed by atoms with Crippen LogP contribution in [0.15, 0.2) is 18.2 Å². The first-order valence-electron chi connectivity index (χ1n) is 8.78. The normalized spacial score (nSPS) is 11.6. The predicted octanol–water partition coefficient (Wildman–Crippen LogP) is 3.94. The zero-order chi connectivity index (χ0) is 20.6. The molecule has 0 saturated carbocycles. The van der Waals surface area contributed by atoms with E-state index in [1.807, 2.05) is 20.8 Å². The van der Waals surface area contributed by atoms with E-state index >= 15 is 0 Å². The molecule has 2 N–H and O–H groups in total. The molecule has 0 aliphatic rings. The number of thiophene rings is 1. The van der Waals surface area contributed by atoms with Crippen LogP contribution in [-0.2, 0) is 10.0 Å². The zero-order valence-electron chi connectivity index (χ0n) is 16.4. The van der Waals surface area contributed by atoms with Gasteiger partial charge in [0.25, 0.3) is 5.91 Å². The maximum Gasteiger partial charge on any atom is 0.266 e. The highest BCUT2D eigenvalue weighted by atomic mass is 32.2. The number of anilines is 2. The molecule has 148 valence electrons. The summed E-state index contributed by atoms with van der Waals surface area (Å²) in [5, 5.41) is 3.80. The monoisotopic (exact) mass is 418 g/mol. The van der Waals surface area contributed by atoms with Gasteiger partial charge in [0.05, 0.1) is 16.3 Å².